The van der Waals surface area contributed by atoms with Gasteiger partial charge in [-0.25, -0.2) is 0 Å². The number of rotatable bonds is 12. The Morgan fingerprint density at radius 3 is 2.51 bits per heavy atom. The third-order valence-corrected chi connectivity index (χ3v) is 9.92. The van der Waals surface area contributed by atoms with Crippen molar-refractivity contribution in [3.05, 3.63) is 64.9 Å². The van der Waals surface area contributed by atoms with Crippen molar-refractivity contribution < 1.29 is 14.1 Å². The number of hydrogen-bond acceptors (Lipinski definition) is 7. The number of aliphatic imine (C=N–C) groups is 1. The van der Waals surface area contributed by atoms with Gasteiger partial charge in [-0.3, -0.25) is 14.7 Å². The van der Waals surface area contributed by atoms with Crippen molar-refractivity contribution in [1.82, 2.24) is 10.1 Å². The number of carbonyl (C=O) groups excluding carboxylic acids is 1. The highest BCUT2D eigenvalue weighted by Gasteiger charge is 2.50. The van der Waals surface area contributed by atoms with Crippen molar-refractivity contribution >= 4 is 29.5 Å². The Morgan fingerprint density at radius 2 is 1.81 bits per heavy atom. The van der Waals surface area contributed by atoms with Crippen LogP contribution in [0.2, 0.25) is 0 Å². The van der Waals surface area contributed by atoms with Crippen molar-refractivity contribution in [3.63, 3.8) is 0 Å². The molecule has 3 aromatic rings. The Kier molecular flexibility index (Phi) is 9.67. The Labute approximate surface area is 261 Å². The molecular weight excluding hydrogens is 556 g/mol. The highest BCUT2D eigenvalue weighted by atomic mass is 32.2. The Morgan fingerprint density at radius 1 is 1.05 bits per heavy atom. The number of aromatic nitrogens is 1. The van der Waals surface area contributed by atoms with Gasteiger partial charge in [0.15, 0.2) is 5.82 Å². The van der Waals surface area contributed by atoms with E-state index in [1.165, 1.54) is 11.9 Å². The van der Waals surface area contributed by atoms with Gasteiger partial charge in [0, 0.05) is 23.5 Å². The zero-order chi connectivity index (χ0) is 30.6. The average molecular weight is 603 g/mol. The standard InChI is InChI=1S/C35H46N4O3S/c1-7-9-14-31-36-35(19-17-34(5,6)18-20-35)33(40)39(31)22-26-15-16-28(27(21-26)23-41-8-2)29-12-10-11-13-30(29)43-38-32-24(3)25(4)42-37-32/h10-13,15-16,21H,7-9,14,17-20,22-23H2,1-6H3,(H,37,38). The topological polar surface area (TPSA) is 80.0 Å². The molecule has 1 saturated carbocycles. The van der Waals surface area contributed by atoms with Crippen LogP contribution < -0.4 is 4.72 Å². The molecule has 1 aliphatic carbocycles. The number of anilines is 1. The van der Waals surface area contributed by atoms with E-state index >= 15 is 0 Å². The first-order valence-electron chi connectivity index (χ1n) is 15.7. The summed E-state index contributed by atoms with van der Waals surface area (Å²) >= 11 is 1.52. The average Bonchev–Trinajstić information content (AvgIpc) is 3.46. The van der Waals surface area contributed by atoms with Crippen LogP contribution in [0.1, 0.15) is 95.1 Å². The van der Waals surface area contributed by atoms with Gasteiger partial charge < -0.3 is 14.0 Å². The maximum Gasteiger partial charge on any atom is 0.256 e. The zero-order valence-corrected chi connectivity index (χ0v) is 27.4. The van der Waals surface area contributed by atoms with E-state index in [-0.39, 0.29) is 11.3 Å². The van der Waals surface area contributed by atoms with Gasteiger partial charge in [-0.1, -0.05) is 68.7 Å². The van der Waals surface area contributed by atoms with Crippen LogP contribution in [0.15, 0.2) is 56.9 Å². The number of aryl methyl sites for hydroxylation is 1. The normalized spacial score (nSPS) is 17.5. The lowest BCUT2D eigenvalue weighted by Gasteiger charge is -2.38. The molecule has 0 bridgehead atoms. The number of ether oxygens (including phenoxy) is 1. The van der Waals surface area contributed by atoms with Crippen LogP contribution in [0.4, 0.5) is 5.82 Å². The number of unbranched alkanes of at least 4 members (excludes halogenated alkanes) is 1. The van der Waals surface area contributed by atoms with Gasteiger partial charge >= 0.3 is 0 Å². The van der Waals surface area contributed by atoms with Gasteiger partial charge in [0.1, 0.15) is 17.1 Å². The van der Waals surface area contributed by atoms with Crippen LogP contribution in [0.3, 0.4) is 0 Å². The monoisotopic (exact) mass is 602 g/mol. The van der Waals surface area contributed by atoms with Crippen LogP contribution in [-0.2, 0) is 22.7 Å². The van der Waals surface area contributed by atoms with Crippen LogP contribution in [0, 0.1) is 19.3 Å². The smallest absolute Gasteiger partial charge is 0.256 e. The van der Waals surface area contributed by atoms with Gasteiger partial charge in [-0.2, -0.15) is 0 Å². The van der Waals surface area contributed by atoms with Crippen molar-refractivity contribution in [2.24, 2.45) is 10.4 Å². The van der Waals surface area contributed by atoms with E-state index in [1.54, 1.807) is 0 Å². The third kappa shape index (κ3) is 6.86. The van der Waals surface area contributed by atoms with E-state index in [4.69, 9.17) is 14.3 Å². The minimum Gasteiger partial charge on any atom is -0.377 e. The van der Waals surface area contributed by atoms with Crippen molar-refractivity contribution in [2.75, 3.05) is 11.3 Å². The van der Waals surface area contributed by atoms with Gasteiger partial charge in [-0.05, 0) is 98.6 Å². The molecule has 7 nitrogen and oxygen atoms in total. The van der Waals surface area contributed by atoms with Gasteiger partial charge in [0.05, 0.1) is 13.2 Å². The molecule has 230 valence electrons. The lowest BCUT2D eigenvalue weighted by atomic mass is 9.69. The molecule has 0 unspecified atom stereocenters. The SMILES string of the molecule is CCCCC1=NC2(CCC(C)(C)CC2)C(=O)N1Cc1ccc(-c2ccccc2SNc2noc(C)c2C)c(COCC)c1. The van der Waals surface area contributed by atoms with Crippen molar-refractivity contribution in [3.8, 4) is 11.1 Å². The number of amides is 1. The fraction of sp³-hybridized carbons (Fsp3) is 0.514. The number of amidine groups is 1. The molecule has 5 rings (SSSR count). The summed E-state index contributed by atoms with van der Waals surface area (Å²) in [7, 11) is 0. The molecule has 1 spiro atoms. The second-order valence-electron chi connectivity index (χ2n) is 12.8. The van der Waals surface area contributed by atoms with Gasteiger partial charge in [-0.15, -0.1) is 0 Å². The van der Waals surface area contributed by atoms with E-state index in [1.807, 2.05) is 31.7 Å². The first-order valence-corrected chi connectivity index (χ1v) is 16.5. The molecule has 8 heteroatoms. The van der Waals surface area contributed by atoms with E-state index < -0.39 is 5.54 Å². The van der Waals surface area contributed by atoms with Gasteiger partial charge in [0.25, 0.3) is 5.91 Å². The Hall–Kier alpha value is -3.10. The van der Waals surface area contributed by atoms with E-state index in [2.05, 4.69) is 67.0 Å². The minimum atomic E-state index is -0.573. The molecule has 2 aromatic carbocycles. The molecule has 0 radical (unpaired) electrons. The van der Waals surface area contributed by atoms with E-state index in [0.717, 1.165) is 95.1 Å². The summed E-state index contributed by atoms with van der Waals surface area (Å²) in [5.41, 5.74) is 5.15. The lowest BCUT2D eigenvalue weighted by Crippen LogP contribution is -2.45. The van der Waals surface area contributed by atoms with E-state index in [9.17, 15) is 4.79 Å². The molecule has 0 saturated heterocycles. The molecule has 2 heterocycles. The molecule has 43 heavy (non-hydrogen) atoms. The van der Waals surface area contributed by atoms with Crippen LogP contribution in [0.25, 0.3) is 11.1 Å². The second-order valence-corrected chi connectivity index (χ2v) is 13.6. The maximum absolute atomic E-state index is 14.0. The van der Waals surface area contributed by atoms with Crippen LogP contribution >= 0.6 is 11.9 Å². The fourth-order valence-corrected chi connectivity index (χ4v) is 6.83. The highest BCUT2D eigenvalue weighted by Crippen LogP contribution is 2.46. The first-order chi connectivity index (χ1) is 20.7. The van der Waals surface area contributed by atoms with Crippen LogP contribution in [0.5, 0.6) is 0 Å². The largest absolute Gasteiger partial charge is 0.377 e. The molecule has 2 aliphatic rings. The predicted molar refractivity (Wildman–Crippen MR) is 175 cm³/mol. The predicted octanol–water partition coefficient (Wildman–Crippen LogP) is 8.88. The fourth-order valence-electron chi connectivity index (χ4n) is 6.00. The number of benzene rings is 2. The number of hydrogen-bond donors (Lipinski definition) is 1. The van der Waals surface area contributed by atoms with Crippen LogP contribution in [-0.4, -0.2) is 33.9 Å². The number of carbonyl (C=O) groups is 1. The first kappa shape index (κ1) is 31.3. The maximum atomic E-state index is 14.0. The lowest BCUT2D eigenvalue weighted by molar-refractivity contribution is -0.133. The zero-order valence-electron chi connectivity index (χ0n) is 26.6. The number of nitrogens with one attached hydrogen (secondary N) is 1. The minimum absolute atomic E-state index is 0.191. The second kappa shape index (κ2) is 13.3. The molecule has 1 amide bonds. The molecular formula is C35H46N4O3S. The molecule has 0 atom stereocenters. The summed E-state index contributed by atoms with van der Waals surface area (Å²) in [5, 5.41) is 4.15. The summed E-state index contributed by atoms with van der Waals surface area (Å²) in [6, 6.07) is 14.9. The summed E-state index contributed by atoms with van der Waals surface area (Å²) < 4.78 is 14.6. The summed E-state index contributed by atoms with van der Waals surface area (Å²) in [5.74, 6) is 2.70. The summed E-state index contributed by atoms with van der Waals surface area (Å²) in [4.78, 5) is 22.3. The molecule has 1 N–H and O–H groups in total. The Bertz CT molecular complexity index is 1470. The van der Waals surface area contributed by atoms with Crippen molar-refractivity contribution in [2.45, 2.75) is 110 Å². The quantitative estimate of drug-likeness (QED) is 0.209. The summed E-state index contributed by atoms with van der Waals surface area (Å²) in [6.45, 7) is 14.4. The summed E-state index contributed by atoms with van der Waals surface area (Å²) in [6.07, 6.45) is 6.72. The number of nitrogens with zero attached hydrogens (tertiary/aromatic N) is 3. The molecule has 1 aromatic heterocycles. The molecule has 1 fully saturated rings. The van der Waals surface area contributed by atoms with Crippen molar-refractivity contribution in [1.29, 1.82) is 0 Å². The van der Waals surface area contributed by atoms with Gasteiger partial charge in [0.2, 0.25) is 0 Å². The van der Waals surface area contributed by atoms with E-state index in [0.29, 0.717) is 19.8 Å². The third-order valence-electron chi connectivity index (χ3n) is 9.05. The molecule has 1 aliphatic heterocycles. The Balaban J connectivity index is 1.41. The highest BCUT2D eigenvalue weighted by molar-refractivity contribution is 8.00.